The summed E-state index contributed by atoms with van der Waals surface area (Å²) in [5.74, 6) is -0.788. The number of carboxylic acids is 1. The van der Waals surface area contributed by atoms with Crippen molar-refractivity contribution in [3.8, 4) is 0 Å². The summed E-state index contributed by atoms with van der Waals surface area (Å²) in [4.78, 5) is 11.2. The van der Waals surface area contributed by atoms with Gasteiger partial charge in [0.25, 0.3) is 0 Å². The third-order valence-corrected chi connectivity index (χ3v) is 4.08. The van der Waals surface area contributed by atoms with Gasteiger partial charge in [-0.3, -0.25) is 10.1 Å². The van der Waals surface area contributed by atoms with Crippen LogP contribution in [0.15, 0.2) is 15.2 Å². The highest BCUT2D eigenvalue weighted by Crippen LogP contribution is 2.21. The van der Waals surface area contributed by atoms with Gasteiger partial charge in [-0.15, -0.1) is 11.3 Å². The predicted octanol–water partition coefficient (Wildman–Crippen LogP) is 3.24. The van der Waals surface area contributed by atoms with Gasteiger partial charge in [-0.1, -0.05) is 13.3 Å². The molecular formula is C11H16BrNO2S. The molecule has 1 atom stereocenters. The van der Waals surface area contributed by atoms with Crippen molar-refractivity contribution in [1.29, 1.82) is 0 Å². The minimum absolute atomic E-state index is 0.588. The van der Waals surface area contributed by atoms with Crippen molar-refractivity contribution in [2.75, 3.05) is 0 Å². The first-order chi connectivity index (χ1) is 7.48. The minimum Gasteiger partial charge on any atom is -0.480 e. The molecule has 0 fully saturated rings. The monoisotopic (exact) mass is 305 g/mol. The second kappa shape index (κ2) is 5.80. The Balaban J connectivity index is 2.60. The van der Waals surface area contributed by atoms with Crippen LogP contribution in [0, 0.1) is 0 Å². The van der Waals surface area contributed by atoms with E-state index >= 15 is 0 Å². The first-order valence-corrected chi connectivity index (χ1v) is 6.86. The lowest BCUT2D eigenvalue weighted by molar-refractivity contribution is -0.144. The van der Waals surface area contributed by atoms with Gasteiger partial charge in [0.05, 0.1) is 3.79 Å². The summed E-state index contributed by atoms with van der Waals surface area (Å²) in [6, 6.07) is 2.01. The molecule has 0 spiro atoms. The minimum atomic E-state index is -0.830. The van der Waals surface area contributed by atoms with Crippen LogP contribution < -0.4 is 5.32 Å². The molecule has 16 heavy (non-hydrogen) atoms. The van der Waals surface area contributed by atoms with E-state index in [1.165, 1.54) is 0 Å². The van der Waals surface area contributed by atoms with Crippen LogP contribution in [0.2, 0.25) is 0 Å². The summed E-state index contributed by atoms with van der Waals surface area (Å²) in [6.07, 6.45) is 1.48. The molecule has 90 valence electrons. The molecule has 0 radical (unpaired) electrons. The number of carboxylic acid groups (broad SMARTS) is 1. The molecule has 0 saturated heterocycles. The molecule has 2 N–H and O–H groups in total. The standard InChI is InChI=1S/C11H16BrNO2S/c1-3-4-11(2,10(14)15)13-6-8-5-9(12)16-7-8/h5,7,13H,3-4,6H2,1-2H3,(H,14,15). The maximum atomic E-state index is 11.2. The Morgan fingerprint density at radius 1 is 1.69 bits per heavy atom. The zero-order chi connectivity index (χ0) is 12.2. The van der Waals surface area contributed by atoms with Crippen molar-refractivity contribution in [2.45, 2.75) is 38.8 Å². The van der Waals surface area contributed by atoms with Crippen LogP contribution in [0.3, 0.4) is 0 Å². The summed E-state index contributed by atoms with van der Waals surface area (Å²) in [7, 11) is 0. The number of hydrogen-bond acceptors (Lipinski definition) is 3. The van der Waals surface area contributed by atoms with Crippen LogP contribution in [0.1, 0.15) is 32.3 Å². The molecule has 0 bridgehead atoms. The van der Waals surface area contributed by atoms with Crippen molar-refractivity contribution in [3.63, 3.8) is 0 Å². The highest BCUT2D eigenvalue weighted by molar-refractivity contribution is 9.11. The van der Waals surface area contributed by atoms with Crippen molar-refractivity contribution >= 4 is 33.2 Å². The van der Waals surface area contributed by atoms with E-state index < -0.39 is 11.5 Å². The number of aliphatic carboxylic acids is 1. The summed E-state index contributed by atoms with van der Waals surface area (Å²) >= 11 is 4.99. The van der Waals surface area contributed by atoms with E-state index in [1.54, 1.807) is 18.3 Å². The van der Waals surface area contributed by atoms with Crippen molar-refractivity contribution in [1.82, 2.24) is 5.32 Å². The molecule has 1 rings (SSSR count). The average molecular weight is 306 g/mol. The maximum Gasteiger partial charge on any atom is 0.323 e. The Bertz CT molecular complexity index is 367. The summed E-state index contributed by atoms with van der Waals surface area (Å²) in [6.45, 7) is 4.31. The van der Waals surface area contributed by atoms with Gasteiger partial charge in [-0.2, -0.15) is 0 Å². The van der Waals surface area contributed by atoms with Crippen LogP contribution in [-0.4, -0.2) is 16.6 Å². The van der Waals surface area contributed by atoms with Crippen molar-refractivity contribution in [3.05, 3.63) is 20.8 Å². The molecule has 5 heteroatoms. The molecular weight excluding hydrogens is 290 g/mol. The summed E-state index contributed by atoms with van der Waals surface area (Å²) in [5.41, 5.74) is 0.281. The fourth-order valence-corrected chi connectivity index (χ4v) is 2.72. The number of rotatable bonds is 6. The molecule has 0 saturated carbocycles. The number of thiophene rings is 1. The summed E-state index contributed by atoms with van der Waals surface area (Å²) in [5, 5.41) is 14.3. The topological polar surface area (TPSA) is 49.3 Å². The Hall–Kier alpha value is -0.390. The molecule has 0 amide bonds. The van der Waals surface area contributed by atoms with Gasteiger partial charge in [-0.05, 0) is 46.3 Å². The van der Waals surface area contributed by atoms with E-state index in [2.05, 4.69) is 21.2 Å². The fourth-order valence-electron chi connectivity index (χ4n) is 1.51. The SMILES string of the molecule is CCCC(C)(NCc1csc(Br)c1)C(=O)O. The number of hydrogen-bond donors (Lipinski definition) is 2. The lowest BCUT2D eigenvalue weighted by Crippen LogP contribution is -2.48. The molecule has 1 aromatic rings. The Morgan fingerprint density at radius 3 is 2.81 bits per heavy atom. The maximum absolute atomic E-state index is 11.2. The molecule has 3 nitrogen and oxygen atoms in total. The van der Waals surface area contributed by atoms with Crippen LogP contribution in [-0.2, 0) is 11.3 Å². The molecule has 0 aliphatic heterocycles. The van der Waals surface area contributed by atoms with Crippen LogP contribution >= 0.6 is 27.3 Å². The van der Waals surface area contributed by atoms with E-state index in [0.29, 0.717) is 13.0 Å². The van der Waals surface area contributed by atoms with Crippen molar-refractivity contribution < 1.29 is 9.90 Å². The first-order valence-electron chi connectivity index (χ1n) is 5.19. The second-order valence-electron chi connectivity index (χ2n) is 4.00. The Morgan fingerprint density at radius 2 is 2.38 bits per heavy atom. The van der Waals surface area contributed by atoms with E-state index in [1.807, 2.05) is 18.4 Å². The zero-order valence-corrected chi connectivity index (χ0v) is 11.8. The van der Waals surface area contributed by atoms with Crippen LogP contribution in [0.5, 0.6) is 0 Å². The number of carbonyl (C=O) groups is 1. The van der Waals surface area contributed by atoms with E-state index in [-0.39, 0.29) is 0 Å². The molecule has 1 unspecified atom stereocenters. The van der Waals surface area contributed by atoms with E-state index in [9.17, 15) is 9.90 Å². The van der Waals surface area contributed by atoms with Gasteiger partial charge < -0.3 is 5.11 Å². The van der Waals surface area contributed by atoms with Gasteiger partial charge >= 0.3 is 5.97 Å². The number of nitrogens with one attached hydrogen (secondary N) is 1. The first kappa shape index (κ1) is 13.7. The van der Waals surface area contributed by atoms with E-state index in [4.69, 9.17) is 0 Å². The van der Waals surface area contributed by atoms with E-state index in [0.717, 1.165) is 15.8 Å². The Labute approximate surface area is 108 Å². The van der Waals surface area contributed by atoms with Gasteiger partial charge in [0.2, 0.25) is 0 Å². The lowest BCUT2D eigenvalue weighted by Gasteiger charge is -2.25. The second-order valence-corrected chi connectivity index (χ2v) is 6.29. The predicted molar refractivity (Wildman–Crippen MR) is 69.8 cm³/mol. The molecule has 0 aromatic carbocycles. The molecule has 1 heterocycles. The fraction of sp³-hybridized carbons (Fsp3) is 0.545. The van der Waals surface area contributed by atoms with Crippen LogP contribution in [0.25, 0.3) is 0 Å². The van der Waals surface area contributed by atoms with Crippen LogP contribution in [0.4, 0.5) is 0 Å². The quantitative estimate of drug-likeness (QED) is 0.848. The molecule has 0 aliphatic carbocycles. The normalized spacial score (nSPS) is 14.7. The zero-order valence-electron chi connectivity index (χ0n) is 9.42. The number of halogens is 1. The van der Waals surface area contributed by atoms with Gasteiger partial charge in [-0.25, -0.2) is 0 Å². The van der Waals surface area contributed by atoms with Crippen molar-refractivity contribution in [2.24, 2.45) is 0 Å². The third-order valence-electron chi connectivity index (χ3n) is 2.53. The average Bonchev–Trinajstić information content (AvgIpc) is 2.61. The molecule has 0 aliphatic rings. The third kappa shape index (κ3) is 3.57. The molecule has 1 aromatic heterocycles. The van der Waals surface area contributed by atoms with Gasteiger partial charge in [0, 0.05) is 6.54 Å². The highest BCUT2D eigenvalue weighted by Gasteiger charge is 2.31. The summed E-state index contributed by atoms with van der Waals surface area (Å²) < 4.78 is 1.07. The van der Waals surface area contributed by atoms with Gasteiger partial charge in [0.15, 0.2) is 0 Å². The largest absolute Gasteiger partial charge is 0.480 e. The highest BCUT2D eigenvalue weighted by atomic mass is 79.9. The van der Waals surface area contributed by atoms with Gasteiger partial charge in [0.1, 0.15) is 5.54 Å². The smallest absolute Gasteiger partial charge is 0.323 e. The Kier molecular flexibility index (Phi) is 4.95. The lowest BCUT2D eigenvalue weighted by atomic mass is 9.96.